The van der Waals surface area contributed by atoms with Gasteiger partial charge in [-0.2, -0.15) is 0 Å². The number of rotatable bonds is 1. The minimum Gasteiger partial charge on any atom is -0.296 e. The molecule has 1 rings (SSSR count). The first-order valence-corrected chi connectivity index (χ1v) is 6.25. The zero-order valence-electron chi connectivity index (χ0n) is 11.9. The molecule has 1 aliphatic rings. The third-order valence-electron chi connectivity index (χ3n) is 4.88. The molecule has 0 aromatic heterocycles. The van der Waals surface area contributed by atoms with E-state index in [0.29, 0.717) is 16.5 Å². The molecule has 1 heteroatoms. The maximum absolute atomic E-state index is 2.56. The molecule has 0 N–H and O–H groups in total. The number of likely N-dealkylation sites (tertiary alicyclic amines) is 1. The van der Waals surface area contributed by atoms with Crippen molar-refractivity contribution in [2.45, 2.75) is 72.4 Å². The lowest BCUT2D eigenvalue weighted by molar-refractivity contribution is -0.0820. The zero-order valence-corrected chi connectivity index (χ0v) is 11.9. The minimum atomic E-state index is 0.320. The first-order chi connectivity index (χ1) is 6.51. The number of hydrogen-bond acceptors (Lipinski definition) is 1. The van der Waals surface area contributed by atoms with Crippen LogP contribution in [0.25, 0.3) is 0 Å². The third-order valence-corrected chi connectivity index (χ3v) is 4.88. The first kappa shape index (κ1) is 13.0. The van der Waals surface area contributed by atoms with Crippen LogP contribution in [0.3, 0.4) is 0 Å². The van der Waals surface area contributed by atoms with E-state index in [2.05, 4.69) is 60.4 Å². The van der Waals surface area contributed by atoms with Gasteiger partial charge in [0.15, 0.2) is 0 Å². The number of piperidine rings is 1. The normalized spacial score (nSPS) is 29.4. The van der Waals surface area contributed by atoms with Gasteiger partial charge in [0.2, 0.25) is 0 Å². The minimum absolute atomic E-state index is 0.320. The Kier molecular flexibility index (Phi) is 3.02. The second-order valence-electron chi connectivity index (χ2n) is 7.35. The van der Waals surface area contributed by atoms with Crippen LogP contribution >= 0.6 is 0 Å². The molecular weight excluding hydrogens is 182 g/mol. The summed E-state index contributed by atoms with van der Waals surface area (Å²) in [6, 6.07) is 0. The van der Waals surface area contributed by atoms with Crippen LogP contribution in [0.15, 0.2) is 0 Å². The van der Waals surface area contributed by atoms with Crippen LogP contribution in [-0.4, -0.2) is 23.0 Å². The van der Waals surface area contributed by atoms with Crippen LogP contribution in [-0.2, 0) is 0 Å². The Labute approximate surface area is 96.2 Å². The lowest BCUT2D eigenvalue weighted by Crippen LogP contribution is -2.61. The van der Waals surface area contributed by atoms with Gasteiger partial charge < -0.3 is 0 Å². The van der Waals surface area contributed by atoms with E-state index in [9.17, 15) is 0 Å². The smallest absolute Gasteiger partial charge is 0.0160 e. The Bertz CT molecular complexity index is 220. The quantitative estimate of drug-likeness (QED) is 0.635. The van der Waals surface area contributed by atoms with Gasteiger partial charge in [-0.1, -0.05) is 20.8 Å². The molecule has 0 bridgehead atoms. The molecule has 0 amide bonds. The van der Waals surface area contributed by atoms with Gasteiger partial charge in [0.1, 0.15) is 0 Å². The maximum Gasteiger partial charge on any atom is 0.0160 e. The third kappa shape index (κ3) is 2.22. The fraction of sp³-hybridized carbons (Fsp3) is 1.00. The molecule has 1 heterocycles. The van der Waals surface area contributed by atoms with Gasteiger partial charge in [-0.25, -0.2) is 0 Å². The van der Waals surface area contributed by atoms with Crippen molar-refractivity contribution in [1.29, 1.82) is 0 Å². The van der Waals surface area contributed by atoms with Gasteiger partial charge in [-0.3, -0.25) is 4.90 Å². The summed E-state index contributed by atoms with van der Waals surface area (Å²) in [5, 5.41) is 0. The number of nitrogens with zero attached hydrogens (tertiary/aromatic N) is 1. The van der Waals surface area contributed by atoms with Crippen molar-refractivity contribution in [1.82, 2.24) is 4.90 Å². The lowest BCUT2D eigenvalue weighted by atomic mass is 9.61. The highest BCUT2D eigenvalue weighted by molar-refractivity contribution is 5.03. The van der Waals surface area contributed by atoms with E-state index in [1.807, 2.05) is 0 Å². The van der Waals surface area contributed by atoms with Gasteiger partial charge in [-0.15, -0.1) is 0 Å². The van der Waals surface area contributed by atoms with Gasteiger partial charge in [0.05, 0.1) is 0 Å². The Morgan fingerprint density at radius 1 is 0.867 bits per heavy atom. The van der Waals surface area contributed by atoms with Crippen molar-refractivity contribution in [3.8, 4) is 0 Å². The molecule has 0 saturated carbocycles. The van der Waals surface area contributed by atoms with E-state index < -0.39 is 0 Å². The average molecular weight is 211 g/mol. The number of hydrogen-bond donors (Lipinski definition) is 0. The summed E-state index contributed by atoms with van der Waals surface area (Å²) in [6.45, 7) is 16.7. The van der Waals surface area contributed by atoms with E-state index in [0.717, 1.165) is 5.92 Å². The van der Waals surface area contributed by atoms with Crippen molar-refractivity contribution >= 4 is 0 Å². The molecule has 1 saturated heterocycles. The largest absolute Gasteiger partial charge is 0.296 e. The van der Waals surface area contributed by atoms with Crippen LogP contribution in [0, 0.1) is 11.3 Å². The van der Waals surface area contributed by atoms with Crippen molar-refractivity contribution in [3.63, 3.8) is 0 Å². The molecule has 0 spiro atoms. The van der Waals surface area contributed by atoms with E-state index >= 15 is 0 Å². The summed E-state index contributed by atoms with van der Waals surface area (Å²) in [6.07, 6.45) is 2.61. The molecule has 0 aromatic carbocycles. The highest BCUT2D eigenvalue weighted by Gasteiger charge is 2.49. The molecular formula is C14H29N. The van der Waals surface area contributed by atoms with Gasteiger partial charge in [0, 0.05) is 11.1 Å². The predicted octanol–water partition coefficient (Wildman–Crippen LogP) is 3.93. The molecule has 0 aliphatic carbocycles. The summed E-state index contributed by atoms with van der Waals surface area (Å²) < 4.78 is 0. The maximum atomic E-state index is 2.56. The molecule has 1 aliphatic heterocycles. The standard InChI is InChI=1S/C14H29N/c1-11(2)14(7)9-12(3,4)15(8)13(5,6)10-14/h11H,9-10H2,1-8H3. The second-order valence-corrected chi connectivity index (χ2v) is 7.35. The van der Waals surface area contributed by atoms with E-state index in [-0.39, 0.29) is 0 Å². The van der Waals surface area contributed by atoms with E-state index in [4.69, 9.17) is 0 Å². The van der Waals surface area contributed by atoms with Gasteiger partial charge >= 0.3 is 0 Å². The predicted molar refractivity (Wildman–Crippen MR) is 68.1 cm³/mol. The van der Waals surface area contributed by atoms with E-state index in [1.165, 1.54) is 12.8 Å². The highest BCUT2D eigenvalue weighted by atomic mass is 15.2. The molecule has 0 aromatic rings. The first-order valence-electron chi connectivity index (χ1n) is 6.25. The second kappa shape index (κ2) is 3.48. The Balaban J connectivity index is 3.04. The summed E-state index contributed by atoms with van der Waals surface area (Å²) >= 11 is 0. The van der Waals surface area contributed by atoms with Crippen LogP contribution in [0.1, 0.15) is 61.3 Å². The Morgan fingerprint density at radius 2 is 1.20 bits per heavy atom. The summed E-state index contributed by atoms with van der Waals surface area (Å²) in [4.78, 5) is 2.56. The molecule has 0 unspecified atom stereocenters. The molecule has 1 nitrogen and oxygen atoms in total. The van der Waals surface area contributed by atoms with Crippen LogP contribution < -0.4 is 0 Å². The van der Waals surface area contributed by atoms with Crippen LogP contribution in [0.2, 0.25) is 0 Å². The summed E-state index contributed by atoms with van der Waals surface area (Å²) in [7, 11) is 2.28. The lowest BCUT2D eigenvalue weighted by Gasteiger charge is -2.59. The molecule has 1 fully saturated rings. The molecule has 90 valence electrons. The van der Waals surface area contributed by atoms with Gasteiger partial charge in [0.25, 0.3) is 0 Å². The fourth-order valence-electron chi connectivity index (χ4n) is 3.50. The van der Waals surface area contributed by atoms with Crippen LogP contribution in [0.4, 0.5) is 0 Å². The zero-order chi connectivity index (χ0) is 12.1. The topological polar surface area (TPSA) is 3.24 Å². The van der Waals surface area contributed by atoms with E-state index in [1.54, 1.807) is 0 Å². The monoisotopic (exact) mass is 211 g/mol. The summed E-state index contributed by atoms with van der Waals surface area (Å²) in [5.74, 6) is 0.768. The van der Waals surface area contributed by atoms with Crippen molar-refractivity contribution in [3.05, 3.63) is 0 Å². The van der Waals surface area contributed by atoms with Crippen molar-refractivity contribution in [2.75, 3.05) is 7.05 Å². The highest BCUT2D eigenvalue weighted by Crippen LogP contribution is 2.50. The molecule has 0 atom stereocenters. The molecule has 0 radical (unpaired) electrons. The van der Waals surface area contributed by atoms with Gasteiger partial charge in [-0.05, 0) is 58.9 Å². The Hall–Kier alpha value is -0.0400. The van der Waals surface area contributed by atoms with Crippen molar-refractivity contribution in [2.24, 2.45) is 11.3 Å². The SMILES string of the molecule is CC(C)C1(C)CC(C)(C)N(C)C(C)(C)C1. The van der Waals surface area contributed by atoms with Crippen molar-refractivity contribution < 1.29 is 0 Å². The average Bonchev–Trinajstić information content (AvgIpc) is 1.98. The summed E-state index contributed by atoms with van der Waals surface area (Å²) in [5.41, 5.74) is 1.13. The van der Waals surface area contributed by atoms with Crippen LogP contribution in [0.5, 0.6) is 0 Å². The Morgan fingerprint density at radius 3 is 1.47 bits per heavy atom. The fourth-order valence-corrected chi connectivity index (χ4v) is 3.50. The molecule has 15 heavy (non-hydrogen) atoms.